The lowest BCUT2D eigenvalue weighted by molar-refractivity contribution is 0.349. The summed E-state index contributed by atoms with van der Waals surface area (Å²) < 4.78 is 7.23. The Labute approximate surface area is 90.4 Å². The zero-order valence-corrected chi connectivity index (χ0v) is 9.44. The molecule has 0 bridgehead atoms. The van der Waals surface area contributed by atoms with Crippen molar-refractivity contribution in [3.63, 3.8) is 0 Å². The second kappa shape index (κ2) is 4.23. The van der Waals surface area contributed by atoms with E-state index in [1.165, 1.54) is 12.8 Å². The first-order chi connectivity index (χ1) is 7.24. The first-order valence-electron chi connectivity index (χ1n) is 5.55. The molecule has 0 radical (unpaired) electrons. The van der Waals surface area contributed by atoms with Gasteiger partial charge in [-0.15, -0.1) is 0 Å². The van der Waals surface area contributed by atoms with E-state index >= 15 is 0 Å². The van der Waals surface area contributed by atoms with Gasteiger partial charge in [0, 0.05) is 19.0 Å². The lowest BCUT2D eigenvalue weighted by Crippen LogP contribution is -2.32. The van der Waals surface area contributed by atoms with E-state index in [1.54, 1.807) is 13.3 Å². The van der Waals surface area contributed by atoms with Crippen molar-refractivity contribution in [1.29, 1.82) is 0 Å². The number of ether oxygens (including phenoxy) is 1. The maximum absolute atomic E-state index is 6.17. The molecule has 1 aromatic rings. The summed E-state index contributed by atoms with van der Waals surface area (Å²) in [6.45, 7) is 0. The summed E-state index contributed by atoms with van der Waals surface area (Å²) in [7, 11) is 3.65. The molecule has 2 atom stereocenters. The summed E-state index contributed by atoms with van der Waals surface area (Å²) >= 11 is 0. The van der Waals surface area contributed by atoms with Crippen LogP contribution in [-0.4, -0.2) is 22.9 Å². The first kappa shape index (κ1) is 10.5. The van der Waals surface area contributed by atoms with Gasteiger partial charge in [0.25, 0.3) is 0 Å². The van der Waals surface area contributed by atoms with E-state index in [2.05, 4.69) is 5.10 Å². The van der Waals surface area contributed by atoms with Gasteiger partial charge >= 0.3 is 0 Å². The van der Waals surface area contributed by atoms with Crippen molar-refractivity contribution in [1.82, 2.24) is 9.78 Å². The quantitative estimate of drug-likeness (QED) is 0.801. The van der Waals surface area contributed by atoms with Crippen molar-refractivity contribution in [2.45, 2.75) is 37.6 Å². The van der Waals surface area contributed by atoms with Gasteiger partial charge in [0.2, 0.25) is 0 Å². The number of rotatable bonds is 2. The largest absolute Gasteiger partial charge is 0.493 e. The SMILES string of the molecule is COc1cnn(C)c1C1CCCCC1N. The smallest absolute Gasteiger partial charge is 0.160 e. The third-order valence-corrected chi connectivity index (χ3v) is 3.34. The zero-order valence-electron chi connectivity index (χ0n) is 9.44. The predicted octanol–water partition coefficient (Wildman–Crippen LogP) is 1.41. The molecular weight excluding hydrogens is 190 g/mol. The third-order valence-electron chi connectivity index (χ3n) is 3.34. The van der Waals surface area contributed by atoms with E-state index in [1.807, 2.05) is 11.7 Å². The number of hydrogen-bond donors (Lipinski definition) is 1. The van der Waals surface area contributed by atoms with Gasteiger partial charge in [0.1, 0.15) is 0 Å². The van der Waals surface area contributed by atoms with Crippen LogP contribution in [0.4, 0.5) is 0 Å². The Morgan fingerprint density at radius 2 is 2.20 bits per heavy atom. The molecule has 4 heteroatoms. The van der Waals surface area contributed by atoms with Crippen LogP contribution < -0.4 is 10.5 Å². The molecule has 2 N–H and O–H groups in total. The molecule has 1 heterocycles. The van der Waals surface area contributed by atoms with E-state index in [9.17, 15) is 0 Å². The number of aromatic nitrogens is 2. The molecule has 0 spiro atoms. The highest BCUT2D eigenvalue weighted by molar-refractivity contribution is 5.30. The van der Waals surface area contributed by atoms with Gasteiger partial charge in [0.05, 0.1) is 19.0 Å². The van der Waals surface area contributed by atoms with Crippen molar-refractivity contribution in [3.8, 4) is 5.75 Å². The fourth-order valence-electron chi connectivity index (χ4n) is 2.51. The van der Waals surface area contributed by atoms with Gasteiger partial charge in [-0.1, -0.05) is 12.8 Å². The molecule has 1 saturated carbocycles. The van der Waals surface area contributed by atoms with Gasteiger partial charge in [-0.3, -0.25) is 4.68 Å². The predicted molar refractivity (Wildman–Crippen MR) is 58.9 cm³/mol. The van der Waals surface area contributed by atoms with E-state index in [0.29, 0.717) is 5.92 Å². The molecule has 84 valence electrons. The van der Waals surface area contributed by atoms with Crippen LogP contribution in [0.5, 0.6) is 5.75 Å². The molecule has 4 nitrogen and oxygen atoms in total. The molecule has 0 amide bonds. The van der Waals surface area contributed by atoms with E-state index < -0.39 is 0 Å². The average Bonchev–Trinajstić information content (AvgIpc) is 2.60. The molecule has 0 saturated heterocycles. The summed E-state index contributed by atoms with van der Waals surface area (Å²) in [6.07, 6.45) is 6.54. The van der Waals surface area contributed by atoms with Crippen molar-refractivity contribution >= 4 is 0 Å². The summed E-state index contributed by atoms with van der Waals surface area (Å²) in [4.78, 5) is 0. The Morgan fingerprint density at radius 1 is 1.47 bits per heavy atom. The van der Waals surface area contributed by atoms with Crippen LogP contribution in [0.15, 0.2) is 6.20 Å². The van der Waals surface area contributed by atoms with Crippen molar-refractivity contribution < 1.29 is 4.74 Å². The highest BCUT2D eigenvalue weighted by Gasteiger charge is 2.28. The Bertz CT molecular complexity index is 335. The van der Waals surface area contributed by atoms with Gasteiger partial charge < -0.3 is 10.5 Å². The molecule has 2 unspecified atom stereocenters. The monoisotopic (exact) mass is 209 g/mol. The van der Waals surface area contributed by atoms with Crippen LogP contribution in [0.1, 0.15) is 37.3 Å². The number of methoxy groups -OCH3 is 1. The zero-order chi connectivity index (χ0) is 10.8. The second-order valence-corrected chi connectivity index (χ2v) is 4.28. The maximum atomic E-state index is 6.17. The molecule has 2 rings (SSSR count). The Kier molecular flexibility index (Phi) is 2.95. The Balaban J connectivity index is 2.29. The maximum Gasteiger partial charge on any atom is 0.160 e. The highest BCUT2D eigenvalue weighted by Crippen LogP contribution is 2.36. The molecule has 1 aromatic heterocycles. The van der Waals surface area contributed by atoms with Crippen LogP contribution in [0, 0.1) is 0 Å². The van der Waals surface area contributed by atoms with Gasteiger partial charge in [0.15, 0.2) is 5.75 Å². The first-order valence-corrected chi connectivity index (χ1v) is 5.55. The van der Waals surface area contributed by atoms with Gasteiger partial charge in [-0.2, -0.15) is 5.10 Å². The van der Waals surface area contributed by atoms with Crippen LogP contribution in [-0.2, 0) is 7.05 Å². The summed E-state index contributed by atoms with van der Waals surface area (Å²) in [5.74, 6) is 1.28. The minimum absolute atomic E-state index is 0.253. The topological polar surface area (TPSA) is 53.1 Å². The third kappa shape index (κ3) is 1.86. The van der Waals surface area contributed by atoms with E-state index in [0.717, 1.165) is 24.3 Å². The molecule has 1 aliphatic carbocycles. The van der Waals surface area contributed by atoms with Crippen LogP contribution >= 0.6 is 0 Å². The Morgan fingerprint density at radius 3 is 2.87 bits per heavy atom. The lowest BCUT2D eigenvalue weighted by atomic mass is 9.82. The fraction of sp³-hybridized carbons (Fsp3) is 0.727. The minimum Gasteiger partial charge on any atom is -0.493 e. The van der Waals surface area contributed by atoms with Crippen molar-refractivity contribution in [3.05, 3.63) is 11.9 Å². The number of aryl methyl sites for hydroxylation is 1. The molecule has 15 heavy (non-hydrogen) atoms. The summed E-state index contributed by atoms with van der Waals surface area (Å²) in [5.41, 5.74) is 7.32. The number of nitrogens with zero attached hydrogens (tertiary/aromatic N) is 2. The summed E-state index contributed by atoms with van der Waals surface area (Å²) in [5, 5.41) is 4.23. The van der Waals surface area contributed by atoms with E-state index in [-0.39, 0.29) is 6.04 Å². The highest BCUT2D eigenvalue weighted by atomic mass is 16.5. The number of nitrogens with two attached hydrogens (primary N) is 1. The molecule has 1 fully saturated rings. The molecule has 0 aliphatic heterocycles. The van der Waals surface area contributed by atoms with E-state index in [4.69, 9.17) is 10.5 Å². The second-order valence-electron chi connectivity index (χ2n) is 4.28. The normalized spacial score (nSPS) is 26.6. The van der Waals surface area contributed by atoms with Gasteiger partial charge in [-0.25, -0.2) is 0 Å². The van der Waals surface area contributed by atoms with Crippen LogP contribution in [0.3, 0.4) is 0 Å². The summed E-state index contributed by atoms with van der Waals surface area (Å²) in [6, 6.07) is 0.253. The average molecular weight is 209 g/mol. The van der Waals surface area contributed by atoms with Crippen LogP contribution in [0.2, 0.25) is 0 Å². The van der Waals surface area contributed by atoms with Crippen molar-refractivity contribution in [2.24, 2.45) is 12.8 Å². The minimum atomic E-state index is 0.253. The molecule has 0 aromatic carbocycles. The van der Waals surface area contributed by atoms with Gasteiger partial charge in [-0.05, 0) is 12.8 Å². The van der Waals surface area contributed by atoms with Crippen molar-refractivity contribution in [2.75, 3.05) is 7.11 Å². The fourth-order valence-corrected chi connectivity index (χ4v) is 2.51. The lowest BCUT2D eigenvalue weighted by Gasteiger charge is -2.29. The molecular formula is C11H19N3O. The van der Waals surface area contributed by atoms with Crippen LogP contribution in [0.25, 0.3) is 0 Å². The Hall–Kier alpha value is -1.03. The standard InChI is InChI=1S/C11H19N3O/c1-14-11(10(15-2)7-13-14)8-5-3-4-6-9(8)12/h7-9H,3-6,12H2,1-2H3. The number of hydrogen-bond acceptors (Lipinski definition) is 3. The molecule has 1 aliphatic rings.